The molecule has 0 saturated carbocycles. The zero-order valence-corrected chi connectivity index (χ0v) is 13.4. The summed E-state index contributed by atoms with van der Waals surface area (Å²) in [7, 11) is 0. The third-order valence-electron chi connectivity index (χ3n) is 3.92. The van der Waals surface area contributed by atoms with Gasteiger partial charge in [-0.25, -0.2) is 4.79 Å². The Morgan fingerprint density at radius 2 is 1.83 bits per heavy atom. The Balaban J connectivity index is 2.07. The summed E-state index contributed by atoms with van der Waals surface area (Å²) in [4.78, 5) is 23.5. The van der Waals surface area contributed by atoms with Gasteiger partial charge in [0.2, 0.25) is 5.91 Å². The zero-order valence-electron chi connectivity index (χ0n) is 13.4. The maximum absolute atomic E-state index is 12.0. The Hall–Kier alpha value is -2.44. The van der Waals surface area contributed by atoms with Crippen molar-refractivity contribution in [1.82, 2.24) is 5.32 Å². The minimum absolute atomic E-state index is 0.204. The third-order valence-corrected chi connectivity index (χ3v) is 3.92. The normalized spacial score (nSPS) is 13.4. The number of aliphatic carboxylic acids is 1. The van der Waals surface area contributed by atoms with Crippen LogP contribution in [0.25, 0.3) is 10.8 Å². The summed E-state index contributed by atoms with van der Waals surface area (Å²) in [6.07, 6.45) is 1.26. The first-order valence-corrected chi connectivity index (χ1v) is 7.97. The van der Waals surface area contributed by atoms with E-state index in [0.29, 0.717) is 19.4 Å². The number of benzene rings is 2. The summed E-state index contributed by atoms with van der Waals surface area (Å²) in [5.41, 5.74) is 12.0. The summed E-state index contributed by atoms with van der Waals surface area (Å²) in [6, 6.07) is 11.8. The van der Waals surface area contributed by atoms with E-state index in [2.05, 4.69) is 5.32 Å². The number of amides is 1. The first kappa shape index (κ1) is 17.9. The van der Waals surface area contributed by atoms with Crippen molar-refractivity contribution in [2.45, 2.75) is 31.3 Å². The molecule has 2 atom stereocenters. The van der Waals surface area contributed by atoms with Crippen LogP contribution >= 0.6 is 0 Å². The molecule has 0 unspecified atom stereocenters. The van der Waals surface area contributed by atoms with Gasteiger partial charge in [-0.15, -0.1) is 0 Å². The minimum Gasteiger partial charge on any atom is -0.480 e. The van der Waals surface area contributed by atoms with Crippen LogP contribution in [0, 0.1) is 0 Å². The van der Waals surface area contributed by atoms with Gasteiger partial charge in [0.05, 0.1) is 6.04 Å². The second-order valence-electron chi connectivity index (χ2n) is 5.82. The van der Waals surface area contributed by atoms with Crippen LogP contribution in [0.4, 0.5) is 0 Å². The lowest BCUT2D eigenvalue weighted by molar-refractivity contribution is -0.142. The first-order valence-electron chi connectivity index (χ1n) is 7.97. The summed E-state index contributed by atoms with van der Waals surface area (Å²) in [5, 5.41) is 14.0. The van der Waals surface area contributed by atoms with E-state index in [9.17, 15) is 14.7 Å². The molecule has 0 saturated heterocycles. The SMILES string of the molecule is NCCC[C@@H](N)C(=O)N[C@@H](Cc1ccc2ccccc2c1)C(=O)O. The highest BCUT2D eigenvalue weighted by Crippen LogP contribution is 2.16. The van der Waals surface area contributed by atoms with E-state index in [1.54, 1.807) is 0 Å². The lowest BCUT2D eigenvalue weighted by Gasteiger charge is -2.18. The van der Waals surface area contributed by atoms with Gasteiger partial charge in [0.15, 0.2) is 0 Å². The number of carbonyl (C=O) groups is 2. The number of carboxylic acids is 1. The number of hydrogen-bond acceptors (Lipinski definition) is 4. The van der Waals surface area contributed by atoms with Gasteiger partial charge in [-0.2, -0.15) is 0 Å². The molecule has 6 heteroatoms. The number of nitrogens with two attached hydrogens (primary N) is 2. The van der Waals surface area contributed by atoms with Crippen LogP contribution < -0.4 is 16.8 Å². The van der Waals surface area contributed by atoms with Crippen molar-refractivity contribution in [3.63, 3.8) is 0 Å². The molecule has 0 aliphatic carbocycles. The van der Waals surface area contributed by atoms with Crippen LogP contribution in [0.2, 0.25) is 0 Å². The lowest BCUT2D eigenvalue weighted by atomic mass is 10.0. The molecule has 0 fully saturated rings. The van der Waals surface area contributed by atoms with Crippen LogP contribution in [0.15, 0.2) is 42.5 Å². The van der Waals surface area contributed by atoms with Crippen molar-refractivity contribution in [1.29, 1.82) is 0 Å². The topological polar surface area (TPSA) is 118 Å². The predicted molar refractivity (Wildman–Crippen MR) is 93.5 cm³/mol. The van der Waals surface area contributed by atoms with E-state index < -0.39 is 24.0 Å². The molecule has 2 rings (SSSR count). The molecule has 2 aromatic carbocycles. The van der Waals surface area contributed by atoms with Crippen molar-refractivity contribution in [3.8, 4) is 0 Å². The Morgan fingerprint density at radius 1 is 1.12 bits per heavy atom. The lowest BCUT2D eigenvalue weighted by Crippen LogP contribution is -2.49. The quantitative estimate of drug-likeness (QED) is 0.576. The minimum atomic E-state index is -1.08. The van der Waals surface area contributed by atoms with E-state index in [0.717, 1.165) is 16.3 Å². The Bertz CT molecular complexity index is 717. The molecule has 0 aromatic heterocycles. The molecule has 0 heterocycles. The number of carboxylic acid groups (broad SMARTS) is 1. The predicted octanol–water partition coefficient (Wildman–Crippen LogP) is 1.02. The summed E-state index contributed by atoms with van der Waals surface area (Å²) in [5.74, 6) is -1.54. The van der Waals surface area contributed by atoms with Gasteiger partial charge in [0, 0.05) is 6.42 Å². The van der Waals surface area contributed by atoms with Gasteiger partial charge < -0.3 is 21.9 Å². The Morgan fingerprint density at radius 3 is 2.50 bits per heavy atom. The van der Waals surface area contributed by atoms with E-state index in [-0.39, 0.29) is 6.42 Å². The molecule has 24 heavy (non-hydrogen) atoms. The summed E-state index contributed by atoms with van der Waals surface area (Å²) >= 11 is 0. The van der Waals surface area contributed by atoms with Crippen molar-refractivity contribution in [2.24, 2.45) is 11.5 Å². The monoisotopic (exact) mass is 329 g/mol. The van der Waals surface area contributed by atoms with Crippen LogP contribution in [-0.4, -0.2) is 35.6 Å². The van der Waals surface area contributed by atoms with Crippen molar-refractivity contribution in [2.75, 3.05) is 6.54 Å². The number of nitrogens with one attached hydrogen (secondary N) is 1. The molecular formula is C18H23N3O3. The molecule has 0 radical (unpaired) electrons. The van der Waals surface area contributed by atoms with Crippen LogP contribution in [0.5, 0.6) is 0 Å². The van der Waals surface area contributed by atoms with E-state index >= 15 is 0 Å². The zero-order chi connectivity index (χ0) is 17.5. The fourth-order valence-electron chi connectivity index (χ4n) is 2.55. The highest BCUT2D eigenvalue weighted by Gasteiger charge is 2.23. The second kappa shape index (κ2) is 8.42. The average molecular weight is 329 g/mol. The smallest absolute Gasteiger partial charge is 0.326 e. The Labute approximate surface area is 140 Å². The van der Waals surface area contributed by atoms with Crippen molar-refractivity contribution < 1.29 is 14.7 Å². The number of rotatable bonds is 8. The molecule has 0 spiro atoms. The highest BCUT2D eigenvalue weighted by atomic mass is 16.4. The number of hydrogen-bond donors (Lipinski definition) is 4. The van der Waals surface area contributed by atoms with Crippen molar-refractivity contribution in [3.05, 3.63) is 48.0 Å². The molecule has 6 nitrogen and oxygen atoms in total. The Kier molecular flexibility index (Phi) is 6.28. The summed E-state index contributed by atoms with van der Waals surface area (Å²) in [6.45, 7) is 0.445. The first-order chi connectivity index (χ1) is 11.5. The number of carbonyl (C=O) groups excluding carboxylic acids is 1. The van der Waals surface area contributed by atoms with E-state index in [4.69, 9.17) is 11.5 Å². The highest BCUT2D eigenvalue weighted by molar-refractivity contribution is 5.87. The molecule has 128 valence electrons. The van der Waals surface area contributed by atoms with Gasteiger partial charge in [0.25, 0.3) is 0 Å². The second-order valence-corrected chi connectivity index (χ2v) is 5.82. The van der Waals surface area contributed by atoms with E-state index in [1.807, 2.05) is 42.5 Å². The molecule has 0 aliphatic rings. The summed E-state index contributed by atoms with van der Waals surface area (Å²) < 4.78 is 0. The molecule has 0 aliphatic heterocycles. The standard InChI is InChI=1S/C18H23N3O3/c19-9-3-6-15(20)17(22)21-16(18(23)24)11-12-7-8-13-4-1-2-5-14(13)10-12/h1-2,4-5,7-8,10,15-16H,3,6,9,11,19-20H2,(H,21,22)(H,23,24)/t15-,16+/m1/s1. The maximum Gasteiger partial charge on any atom is 0.326 e. The van der Waals surface area contributed by atoms with Gasteiger partial charge in [-0.3, -0.25) is 4.79 Å². The van der Waals surface area contributed by atoms with Crippen molar-refractivity contribution >= 4 is 22.6 Å². The molecule has 6 N–H and O–H groups in total. The van der Waals surface area contributed by atoms with Gasteiger partial charge in [-0.05, 0) is 35.7 Å². The van der Waals surface area contributed by atoms with Crippen LogP contribution in [-0.2, 0) is 16.0 Å². The largest absolute Gasteiger partial charge is 0.480 e. The number of fused-ring (bicyclic) bond motifs is 1. The van der Waals surface area contributed by atoms with Gasteiger partial charge in [0.1, 0.15) is 6.04 Å². The molecule has 2 aromatic rings. The maximum atomic E-state index is 12.0. The van der Waals surface area contributed by atoms with Crippen LogP contribution in [0.3, 0.4) is 0 Å². The molecule has 0 bridgehead atoms. The van der Waals surface area contributed by atoms with E-state index in [1.165, 1.54) is 0 Å². The van der Waals surface area contributed by atoms with Crippen LogP contribution in [0.1, 0.15) is 18.4 Å². The van der Waals surface area contributed by atoms with Gasteiger partial charge >= 0.3 is 5.97 Å². The third kappa shape index (κ3) is 4.78. The average Bonchev–Trinajstić information content (AvgIpc) is 2.58. The molecular weight excluding hydrogens is 306 g/mol. The molecule has 1 amide bonds. The fraction of sp³-hybridized carbons (Fsp3) is 0.333. The fourth-order valence-corrected chi connectivity index (χ4v) is 2.55. The van der Waals surface area contributed by atoms with Gasteiger partial charge in [-0.1, -0.05) is 42.5 Å².